The second kappa shape index (κ2) is 1.90. The predicted molar refractivity (Wildman–Crippen MR) is 23.3 cm³/mol. The van der Waals surface area contributed by atoms with Crippen LogP contribution in [0, 0.1) is 0 Å². The van der Waals surface area contributed by atoms with E-state index in [9.17, 15) is 8.78 Å². The van der Waals surface area contributed by atoms with E-state index in [4.69, 9.17) is 0 Å². The zero-order chi connectivity index (χ0) is 4.62. The van der Waals surface area contributed by atoms with Crippen LogP contribution in [0.5, 0.6) is 0 Å². The van der Waals surface area contributed by atoms with Gasteiger partial charge in [0.1, 0.15) is 0 Å². The van der Waals surface area contributed by atoms with Crippen molar-refractivity contribution in [2.45, 2.75) is 6.05 Å². The molecule has 1 aliphatic rings. The van der Waals surface area contributed by atoms with Crippen molar-refractivity contribution in [3.05, 3.63) is 0 Å². The highest BCUT2D eigenvalue weighted by molar-refractivity contribution is 5.85. The predicted octanol–water partition coefficient (Wildman–Crippen LogP) is 0.109. The van der Waals surface area contributed by atoms with Gasteiger partial charge in [-0.3, -0.25) is 0 Å². The van der Waals surface area contributed by atoms with Gasteiger partial charge in [0.25, 0.3) is 0 Å². The van der Waals surface area contributed by atoms with Crippen molar-refractivity contribution in [1.82, 2.24) is 10.9 Å². The standard InChI is InChI=1S/C2H4F2N2.ClH/c3-2(4)1-5-6-2;/h5-6H,1H2;1H. The smallest absolute Gasteiger partial charge is 0.245 e. The van der Waals surface area contributed by atoms with Gasteiger partial charge in [-0.05, 0) is 0 Å². The maximum absolute atomic E-state index is 11.4. The molecule has 0 amide bonds. The van der Waals surface area contributed by atoms with Crippen LogP contribution >= 0.6 is 12.4 Å². The Morgan fingerprint density at radius 1 is 1.43 bits per heavy atom. The zero-order valence-electron chi connectivity index (χ0n) is 3.37. The van der Waals surface area contributed by atoms with E-state index in [0.717, 1.165) is 0 Å². The first-order chi connectivity index (χ1) is 2.71. The van der Waals surface area contributed by atoms with Crippen molar-refractivity contribution in [3.63, 3.8) is 0 Å². The summed E-state index contributed by atoms with van der Waals surface area (Å²) in [6.07, 6.45) is 0. The number of alkyl halides is 2. The molecule has 0 aromatic rings. The molecule has 1 aliphatic heterocycles. The van der Waals surface area contributed by atoms with E-state index in [1.54, 1.807) is 5.43 Å². The molecule has 0 unspecified atom stereocenters. The summed E-state index contributed by atoms with van der Waals surface area (Å²) in [5, 5.41) is 0. The molecule has 1 heterocycles. The molecule has 0 aromatic carbocycles. The number of halogens is 3. The van der Waals surface area contributed by atoms with Crippen molar-refractivity contribution in [2.75, 3.05) is 6.54 Å². The van der Waals surface area contributed by atoms with Crippen molar-refractivity contribution in [1.29, 1.82) is 0 Å². The fraction of sp³-hybridized carbons (Fsp3) is 1.00. The minimum atomic E-state index is -2.64. The summed E-state index contributed by atoms with van der Waals surface area (Å²) < 4.78 is 22.7. The largest absolute Gasteiger partial charge is 0.328 e. The van der Waals surface area contributed by atoms with Gasteiger partial charge in [-0.2, -0.15) is 14.2 Å². The molecule has 0 aliphatic carbocycles. The Morgan fingerprint density at radius 2 is 1.71 bits per heavy atom. The highest BCUT2D eigenvalue weighted by Gasteiger charge is 2.35. The number of hydrogen-bond donors (Lipinski definition) is 2. The Labute approximate surface area is 45.7 Å². The molecule has 0 spiro atoms. The lowest BCUT2D eigenvalue weighted by atomic mass is 10.5. The van der Waals surface area contributed by atoms with Crippen molar-refractivity contribution in [2.24, 2.45) is 0 Å². The van der Waals surface area contributed by atoms with Gasteiger partial charge in [0, 0.05) is 0 Å². The van der Waals surface area contributed by atoms with Gasteiger partial charge < -0.3 is 0 Å². The molecule has 7 heavy (non-hydrogen) atoms. The topological polar surface area (TPSA) is 24.1 Å². The molecule has 0 bridgehead atoms. The van der Waals surface area contributed by atoms with Gasteiger partial charge in [-0.1, -0.05) is 0 Å². The molecule has 1 rings (SSSR count). The van der Waals surface area contributed by atoms with Gasteiger partial charge in [0.2, 0.25) is 0 Å². The van der Waals surface area contributed by atoms with Crippen molar-refractivity contribution in [3.8, 4) is 0 Å². The molecule has 44 valence electrons. The summed E-state index contributed by atoms with van der Waals surface area (Å²) >= 11 is 0. The Balaban J connectivity index is 0.000000360. The van der Waals surface area contributed by atoms with Crippen LogP contribution in [-0.4, -0.2) is 12.6 Å². The second-order valence-corrected chi connectivity index (χ2v) is 1.18. The van der Waals surface area contributed by atoms with Crippen molar-refractivity contribution < 1.29 is 8.78 Å². The summed E-state index contributed by atoms with van der Waals surface area (Å²) in [4.78, 5) is 0. The normalized spacial score (nSPS) is 24.9. The maximum Gasteiger partial charge on any atom is 0.328 e. The van der Waals surface area contributed by atoms with Crippen molar-refractivity contribution >= 4 is 12.4 Å². The van der Waals surface area contributed by atoms with Gasteiger partial charge in [0.05, 0.1) is 6.54 Å². The molecule has 5 heteroatoms. The van der Waals surface area contributed by atoms with Crippen LogP contribution in [0.4, 0.5) is 8.78 Å². The summed E-state index contributed by atoms with van der Waals surface area (Å²) in [5.74, 6) is 0. The monoisotopic (exact) mass is 130 g/mol. The van der Waals surface area contributed by atoms with Gasteiger partial charge in [-0.25, -0.2) is 5.43 Å². The van der Waals surface area contributed by atoms with Gasteiger partial charge in [-0.15, -0.1) is 12.4 Å². The molecular weight excluding hydrogens is 125 g/mol. The van der Waals surface area contributed by atoms with Crippen LogP contribution in [-0.2, 0) is 0 Å². The lowest BCUT2D eigenvalue weighted by Crippen LogP contribution is -2.64. The molecular formula is C2H5ClF2N2. The Bertz CT molecular complexity index is 60.7. The molecule has 2 nitrogen and oxygen atoms in total. The fourth-order valence-corrected chi connectivity index (χ4v) is 0.222. The highest BCUT2D eigenvalue weighted by atomic mass is 35.5. The molecule has 0 atom stereocenters. The third-order valence-electron chi connectivity index (χ3n) is 0.582. The van der Waals surface area contributed by atoms with E-state index in [1.165, 1.54) is 0 Å². The van der Waals surface area contributed by atoms with Crippen LogP contribution in [0.15, 0.2) is 0 Å². The second-order valence-electron chi connectivity index (χ2n) is 1.18. The molecule has 0 radical (unpaired) electrons. The molecule has 0 aromatic heterocycles. The number of hydrazine groups is 1. The van der Waals surface area contributed by atoms with Crippen LogP contribution in [0.1, 0.15) is 0 Å². The van der Waals surface area contributed by atoms with E-state index in [-0.39, 0.29) is 19.0 Å². The lowest BCUT2D eigenvalue weighted by molar-refractivity contribution is -0.109. The molecule has 1 saturated heterocycles. The average Bonchev–Trinajstić information content (AvgIpc) is 1.32. The summed E-state index contributed by atoms with van der Waals surface area (Å²) in [6, 6.07) is -2.64. The number of nitrogens with one attached hydrogen (secondary N) is 2. The number of hydrogen-bond acceptors (Lipinski definition) is 2. The molecule has 1 fully saturated rings. The minimum absolute atomic E-state index is 0. The third-order valence-corrected chi connectivity index (χ3v) is 0.582. The quantitative estimate of drug-likeness (QED) is 0.455. The van der Waals surface area contributed by atoms with Gasteiger partial charge in [0.15, 0.2) is 0 Å². The van der Waals surface area contributed by atoms with Crippen LogP contribution in [0.3, 0.4) is 0 Å². The fourth-order valence-electron chi connectivity index (χ4n) is 0.222. The zero-order valence-corrected chi connectivity index (χ0v) is 4.19. The molecule has 2 N–H and O–H groups in total. The van der Waals surface area contributed by atoms with E-state index < -0.39 is 6.05 Å². The Hall–Kier alpha value is 0.0700. The van der Waals surface area contributed by atoms with E-state index in [2.05, 4.69) is 5.43 Å². The summed E-state index contributed by atoms with van der Waals surface area (Å²) in [5.41, 5.74) is 3.90. The Kier molecular flexibility index (Phi) is 1.92. The van der Waals surface area contributed by atoms with Crippen LogP contribution < -0.4 is 10.9 Å². The third kappa shape index (κ3) is 1.54. The maximum atomic E-state index is 11.4. The molecule has 0 saturated carbocycles. The first-order valence-corrected chi connectivity index (χ1v) is 1.59. The first-order valence-electron chi connectivity index (χ1n) is 1.59. The highest BCUT2D eigenvalue weighted by Crippen LogP contribution is 2.10. The lowest BCUT2D eigenvalue weighted by Gasteiger charge is -2.27. The minimum Gasteiger partial charge on any atom is -0.245 e. The number of rotatable bonds is 0. The summed E-state index contributed by atoms with van der Waals surface area (Å²) in [6.45, 7) is -0.243. The first kappa shape index (κ1) is 7.07. The summed E-state index contributed by atoms with van der Waals surface area (Å²) in [7, 11) is 0. The van der Waals surface area contributed by atoms with E-state index in [1.807, 2.05) is 0 Å². The van der Waals surface area contributed by atoms with Crippen LogP contribution in [0.2, 0.25) is 0 Å². The van der Waals surface area contributed by atoms with E-state index >= 15 is 0 Å². The average molecular weight is 131 g/mol. The Morgan fingerprint density at radius 3 is 1.71 bits per heavy atom. The van der Waals surface area contributed by atoms with E-state index in [0.29, 0.717) is 0 Å². The van der Waals surface area contributed by atoms with Gasteiger partial charge >= 0.3 is 6.05 Å². The SMILES string of the molecule is Cl.FC1(F)CNN1. The van der Waals surface area contributed by atoms with Crippen LogP contribution in [0.25, 0.3) is 0 Å².